The Kier molecular flexibility index (Phi) is 2.49. The number of carbonyl (C=O) groups is 1. The summed E-state index contributed by atoms with van der Waals surface area (Å²) in [4.78, 5) is 11.4. The van der Waals surface area contributed by atoms with Crippen LogP contribution in [0.1, 0.15) is 26.2 Å². The van der Waals surface area contributed by atoms with Gasteiger partial charge >= 0.3 is 0 Å². The third-order valence-corrected chi connectivity index (χ3v) is 3.41. The van der Waals surface area contributed by atoms with Gasteiger partial charge in [0, 0.05) is 19.3 Å². The molecule has 2 fully saturated rings. The summed E-state index contributed by atoms with van der Waals surface area (Å²) in [5, 5.41) is 2.99. The number of hydrogen-bond acceptors (Lipinski definition) is 3. The van der Waals surface area contributed by atoms with Crippen LogP contribution in [0.3, 0.4) is 0 Å². The molecule has 0 bridgehead atoms. The standard InChI is InChI=1S/C10H18N2O2/c1-7(11)9(13)12-8-6-10(8)2-4-14-5-3-10/h7-8H,2-6,11H2,1H3,(H,12,13)/t7-,8?/m0/s1. The molecule has 1 saturated carbocycles. The smallest absolute Gasteiger partial charge is 0.236 e. The number of carbonyl (C=O) groups excluding carboxylic acids is 1. The Bertz CT molecular complexity index is 234. The summed E-state index contributed by atoms with van der Waals surface area (Å²) in [5.41, 5.74) is 5.84. The van der Waals surface area contributed by atoms with Gasteiger partial charge < -0.3 is 15.8 Å². The molecule has 4 heteroatoms. The highest BCUT2D eigenvalue weighted by atomic mass is 16.5. The molecule has 14 heavy (non-hydrogen) atoms. The normalized spacial score (nSPS) is 31.1. The van der Waals surface area contributed by atoms with Crippen molar-refractivity contribution in [2.24, 2.45) is 11.1 Å². The Labute approximate surface area is 84.2 Å². The second-order valence-electron chi connectivity index (χ2n) is 4.53. The van der Waals surface area contributed by atoms with Crippen molar-refractivity contribution >= 4 is 5.91 Å². The molecule has 2 rings (SSSR count). The van der Waals surface area contributed by atoms with E-state index < -0.39 is 6.04 Å². The fourth-order valence-corrected chi connectivity index (χ4v) is 2.19. The molecule has 1 unspecified atom stereocenters. The second-order valence-corrected chi connectivity index (χ2v) is 4.53. The molecule has 1 saturated heterocycles. The zero-order valence-electron chi connectivity index (χ0n) is 8.58. The van der Waals surface area contributed by atoms with Crippen molar-refractivity contribution in [3.8, 4) is 0 Å². The predicted octanol–water partition coefficient (Wildman–Crippen LogP) is 0.0189. The molecule has 2 aliphatic rings. The van der Waals surface area contributed by atoms with Crippen LogP contribution in [-0.2, 0) is 9.53 Å². The second kappa shape index (κ2) is 3.51. The summed E-state index contributed by atoms with van der Waals surface area (Å²) in [7, 11) is 0. The molecule has 1 aliphatic carbocycles. The van der Waals surface area contributed by atoms with Gasteiger partial charge in [-0.3, -0.25) is 4.79 Å². The van der Waals surface area contributed by atoms with E-state index in [1.165, 1.54) is 0 Å². The van der Waals surface area contributed by atoms with E-state index >= 15 is 0 Å². The number of nitrogens with one attached hydrogen (secondary N) is 1. The molecule has 3 N–H and O–H groups in total. The van der Waals surface area contributed by atoms with Crippen molar-refractivity contribution in [1.82, 2.24) is 5.32 Å². The average molecular weight is 198 g/mol. The average Bonchev–Trinajstić information content (AvgIpc) is 2.79. The van der Waals surface area contributed by atoms with Crippen molar-refractivity contribution in [1.29, 1.82) is 0 Å². The summed E-state index contributed by atoms with van der Waals surface area (Å²) in [6.45, 7) is 3.39. The molecule has 0 radical (unpaired) electrons. The lowest BCUT2D eigenvalue weighted by molar-refractivity contribution is -0.122. The molecular weight excluding hydrogens is 180 g/mol. The van der Waals surface area contributed by atoms with Crippen molar-refractivity contribution < 1.29 is 9.53 Å². The molecule has 1 aliphatic heterocycles. The Hall–Kier alpha value is -0.610. The molecule has 80 valence electrons. The summed E-state index contributed by atoms with van der Waals surface area (Å²) in [6.07, 6.45) is 3.27. The van der Waals surface area contributed by atoms with Crippen LogP contribution in [0.2, 0.25) is 0 Å². The molecule has 0 aromatic heterocycles. The lowest BCUT2D eigenvalue weighted by Crippen LogP contribution is -2.41. The van der Waals surface area contributed by atoms with Gasteiger partial charge in [-0.2, -0.15) is 0 Å². The van der Waals surface area contributed by atoms with Crippen LogP contribution in [0.5, 0.6) is 0 Å². The fourth-order valence-electron chi connectivity index (χ4n) is 2.19. The van der Waals surface area contributed by atoms with Crippen LogP contribution < -0.4 is 11.1 Å². The van der Waals surface area contributed by atoms with Gasteiger partial charge in [-0.25, -0.2) is 0 Å². The maximum Gasteiger partial charge on any atom is 0.236 e. The lowest BCUT2D eigenvalue weighted by atomic mass is 9.96. The SMILES string of the molecule is C[C@H](N)C(=O)NC1CC12CCOCC2. The van der Waals surface area contributed by atoms with Crippen molar-refractivity contribution in [3.63, 3.8) is 0 Å². The van der Waals surface area contributed by atoms with E-state index in [1.54, 1.807) is 6.92 Å². The zero-order chi connectivity index (χ0) is 10.2. The van der Waals surface area contributed by atoms with E-state index in [1.807, 2.05) is 0 Å². The Balaban J connectivity index is 1.83. The predicted molar refractivity (Wildman–Crippen MR) is 52.7 cm³/mol. The van der Waals surface area contributed by atoms with Gasteiger partial charge in [0.2, 0.25) is 5.91 Å². The minimum Gasteiger partial charge on any atom is -0.381 e. The molecule has 1 amide bonds. The minimum absolute atomic E-state index is 0.0293. The Morgan fingerprint density at radius 2 is 2.21 bits per heavy atom. The van der Waals surface area contributed by atoms with Crippen LogP contribution in [0, 0.1) is 5.41 Å². The maximum absolute atomic E-state index is 11.4. The quantitative estimate of drug-likeness (QED) is 0.657. The van der Waals surface area contributed by atoms with E-state index in [9.17, 15) is 4.79 Å². The molecule has 1 spiro atoms. The van der Waals surface area contributed by atoms with Gasteiger partial charge in [0.1, 0.15) is 0 Å². The highest BCUT2D eigenvalue weighted by Crippen LogP contribution is 2.53. The van der Waals surface area contributed by atoms with Crippen LogP contribution in [0.4, 0.5) is 0 Å². The largest absolute Gasteiger partial charge is 0.381 e. The van der Waals surface area contributed by atoms with Gasteiger partial charge in [0.05, 0.1) is 6.04 Å². The van der Waals surface area contributed by atoms with Gasteiger partial charge in [-0.1, -0.05) is 0 Å². The molecule has 2 atom stereocenters. The Morgan fingerprint density at radius 1 is 1.57 bits per heavy atom. The number of nitrogens with two attached hydrogens (primary N) is 1. The number of rotatable bonds is 2. The highest BCUT2D eigenvalue weighted by Gasteiger charge is 2.55. The molecule has 1 heterocycles. The molecular formula is C10H18N2O2. The zero-order valence-corrected chi connectivity index (χ0v) is 8.58. The van der Waals surface area contributed by atoms with E-state index in [4.69, 9.17) is 10.5 Å². The van der Waals surface area contributed by atoms with Crippen LogP contribution in [0.15, 0.2) is 0 Å². The number of hydrogen-bond donors (Lipinski definition) is 2. The first-order valence-electron chi connectivity index (χ1n) is 5.28. The topological polar surface area (TPSA) is 64.4 Å². The highest BCUT2D eigenvalue weighted by molar-refractivity contribution is 5.81. The van der Waals surface area contributed by atoms with E-state index in [0.29, 0.717) is 11.5 Å². The van der Waals surface area contributed by atoms with Gasteiger partial charge in [0.25, 0.3) is 0 Å². The lowest BCUT2D eigenvalue weighted by Gasteiger charge is -2.23. The molecule has 0 aromatic rings. The number of amides is 1. The summed E-state index contributed by atoms with van der Waals surface area (Å²) >= 11 is 0. The first-order valence-corrected chi connectivity index (χ1v) is 5.28. The van der Waals surface area contributed by atoms with Crippen molar-refractivity contribution in [2.45, 2.75) is 38.3 Å². The monoisotopic (exact) mass is 198 g/mol. The van der Waals surface area contributed by atoms with Gasteiger partial charge in [0.15, 0.2) is 0 Å². The van der Waals surface area contributed by atoms with Crippen LogP contribution in [0.25, 0.3) is 0 Å². The van der Waals surface area contributed by atoms with E-state index in [2.05, 4.69) is 5.32 Å². The number of ether oxygens (including phenoxy) is 1. The molecule has 0 aromatic carbocycles. The third kappa shape index (κ3) is 1.77. The third-order valence-electron chi connectivity index (χ3n) is 3.41. The maximum atomic E-state index is 11.4. The molecule has 4 nitrogen and oxygen atoms in total. The fraction of sp³-hybridized carbons (Fsp3) is 0.900. The van der Waals surface area contributed by atoms with E-state index in [0.717, 1.165) is 32.5 Å². The van der Waals surface area contributed by atoms with E-state index in [-0.39, 0.29) is 5.91 Å². The van der Waals surface area contributed by atoms with Crippen molar-refractivity contribution in [3.05, 3.63) is 0 Å². The van der Waals surface area contributed by atoms with Crippen LogP contribution >= 0.6 is 0 Å². The van der Waals surface area contributed by atoms with Gasteiger partial charge in [-0.15, -0.1) is 0 Å². The minimum atomic E-state index is -0.396. The van der Waals surface area contributed by atoms with Gasteiger partial charge in [-0.05, 0) is 31.6 Å². The first kappa shape index (κ1) is 9.93. The Morgan fingerprint density at radius 3 is 2.79 bits per heavy atom. The first-order chi connectivity index (χ1) is 6.64. The summed E-state index contributed by atoms with van der Waals surface area (Å²) in [6, 6.07) is -0.0441. The van der Waals surface area contributed by atoms with Crippen molar-refractivity contribution in [2.75, 3.05) is 13.2 Å². The van der Waals surface area contributed by atoms with Crippen LogP contribution in [-0.4, -0.2) is 31.2 Å². The summed E-state index contributed by atoms with van der Waals surface area (Å²) < 4.78 is 5.31. The summed E-state index contributed by atoms with van der Waals surface area (Å²) in [5.74, 6) is -0.0293.